The number of alkyl halides is 5. The standard InChI is InChI=1S/C20H20F5N3O3/c1-3-15(29)9-14-8-13(6-7-26-14)12(2)28-18(30)17-5-4-16(10-27-17)31-11-19(21,22)20(23,24)25/h4-8,10,12H,3,9,11H2,1-2H3,(H,28,30). The van der Waals surface area contributed by atoms with Gasteiger partial charge in [0.2, 0.25) is 0 Å². The second-order valence-electron chi connectivity index (χ2n) is 6.71. The molecule has 6 nitrogen and oxygen atoms in total. The normalized spacial score (nSPS) is 12.9. The van der Waals surface area contributed by atoms with Crippen molar-refractivity contribution in [1.29, 1.82) is 0 Å². The van der Waals surface area contributed by atoms with E-state index >= 15 is 0 Å². The highest BCUT2D eigenvalue weighted by molar-refractivity contribution is 5.92. The maximum atomic E-state index is 12.9. The molecule has 0 saturated heterocycles. The number of ether oxygens (including phenoxy) is 1. The second kappa shape index (κ2) is 9.80. The summed E-state index contributed by atoms with van der Waals surface area (Å²) in [7, 11) is 0. The van der Waals surface area contributed by atoms with E-state index in [9.17, 15) is 31.5 Å². The number of amides is 1. The topological polar surface area (TPSA) is 81.2 Å². The van der Waals surface area contributed by atoms with Crippen molar-refractivity contribution >= 4 is 11.7 Å². The number of hydrogen-bond donors (Lipinski definition) is 1. The Morgan fingerprint density at radius 3 is 2.42 bits per heavy atom. The largest absolute Gasteiger partial charge is 0.485 e. The summed E-state index contributed by atoms with van der Waals surface area (Å²) < 4.78 is 66.7. The summed E-state index contributed by atoms with van der Waals surface area (Å²) in [5, 5.41) is 2.68. The minimum absolute atomic E-state index is 0.0286. The molecule has 0 spiro atoms. The summed E-state index contributed by atoms with van der Waals surface area (Å²) >= 11 is 0. The highest BCUT2D eigenvalue weighted by Crippen LogP contribution is 2.35. The summed E-state index contributed by atoms with van der Waals surface area (Å²) in [6.07, 6.45) is -2.75. The smallest absolute Gasteiger partial charge is 0.456 e. The SMILES string of the molecule is CCC(=O)Cc1cc(C(C)NC(=O)c2ccc(OCC(F)(F)C(F)(F)F)cn2)ccn1. The van der Waals surface area contributed by atoms with Gasteiger partial charge in [-0.15, -0.1) is 0 Å². The van der Waals surface area contributed by atoms with E-state index in [2.05, 4.69) is 20.0 Å². The van der Waals surface area contributed by atoms with Crippen LogP contribution in [0.15, 0.2) is 36.7 Å². The van der Waals surface area contributed by atoms with Crippen LogP contribution in [-0.2, 0) is 11.2 Å². The zero-order valence-corrected chi connectivity index (χ0v) is 16.7. The first kappa shape index (κ1) is 24.2. The number of hydrogen-bond acceptors (Lipinski definition) is 5. The van der Waals surface area contributed by atoms with Gasteiger partial charge in [0.25, 0.3) is 5.91 Å². The number of pyridine rings is 2. The fourth-order valence-electron chi connectivity index (χ4n) is 2.40. The van der Waals surface area contributed by atoms with Gasteiger partial charge in [0.1, 0.15) is 17.2 Å². The molecule has 1 atom stereocenters. The molecule has 2 heterocycles. The van der Waals surface area contributed by atoms with Crippen molar-refractivity contribution in [2.24, 2.45) is 0 Å². The van der Waals surface area contributed by atoms with Gasteiger partial charge in [0.05, 0.1) is 12.2 Å². The van der Waals surface area contributed by atoms with Gasteiger partial charge < -0.3 is 10.1 Å². The van der Waals surface area contributed by atoms with Crippen molar-refractivity contribution in [2.75, 3.05) is 6.61 Å². The summed E-state index contributed by atoms with van der Waals surface area (Å²) in [5.74, 6) is -5.92. The lowest BCUT2D eigenvalue weighted by molar-refractivity contribution is -0.290. The van der Waals surface area contributed by atoms with Crippen LogP contribution < -0.4 is 10.1 Å². The Morgan fingerprint density at radius 1 is 1.13 bits per heavy atom. The molecule has 0 aromatic carbocycles. The fourth-order valence-corrected chi connectivity index (χ4v) is 2.40. The second-order valence-corrected chi connectivity index (χ2v) is 6.71. The van der Waals surface area contributed by atoms with Gasteiger partial charge in [-0.2, -0.15) is 22.0 Å². The molecule has 0 aliphatic heterocycles. The van der Waals surface area contributed by atoms with Gasteiger partial charge in [0.15, 0.2) is 6.61 Å². The van der Waals surface area contributed by atoms with E-state index in [-0.39, 0.29) is 23.6 Å². The summed E-state index contributed by atoms with van der Waals surface area (Å²) in [6.45, 7) is 1.56. The fraction of sp³-hybridized carbons (Fsp3) is 0.400. The van der Waals surface area contributed by atoms with Crippen LogP contribution in [0, 0.1) is 0 Å². The average molecular weight is 445 g/mol. The van der Waals surface area contributed by atoms with E-state index in [0.717, 1.165) is 18.3 Å². The lowest BCUT2D eigenvalue weighted by atomic mass is 10.1. The van der Waals surface area contributed by atoms with Crippen LogP contribution in [-0.4, -0.2) is 40.4 Å². The van der Waals surface area contributed by atoms with Crippen LogP contribution in [0.25, 0.3) is 0 Å². The van der Waals surface area contributed by atoms with Gasteiger partial charge in [-0.3, -0.25) is 14.6 Å². The molecular formula is C20H20F5N3O3. The number of nitrogens with zero attached hydrogens (tertiary/aromatic N) is 2. The van der Waals surface area contributed by atoms with Gasteiger partial charge in [-0.1, -0.05) is 6.92 Å². The molecule has 0 aliphatic rings. The van der Waals surface area contributed by atoms with Gasteiger partial charge in [0, 0.05) is 24.7 Å². The van der Waals surface area contributed by atoms with Crippen LogP contribution >= 0.6 is 0 Å². The van der Waals surface area contributed by atoms with E-state index in [1.165, 1.54) is 6.20 Å². The van der Waals surface area contributed by atoms with Crippen molar-refractivity contribution < 1.29 is 36.3 Å². The van der Waals surface area contributed by atoms with Gasteiger partial charge in [-0.05, 0) is 36.8 Å². The van der Waals surface area contributed by atoms with Gasteiger partial charge >= 0.3 is 12.1 Å². The number of nitrogens with one attached hydrogen (secondary N) is 1. The quantitative estimate of drug-likeness (QED) is 0.589. The molecular weight excluding hydrogens is 425 g/mol. The maximum absolute atomic E-state index is 12.9. The van der Waals surface area contributed by atoms with E-state index in [1.54, 1.807) is 26.0 Å². The molecule has 0 bridgehead atoms. The van der Waals surface area contributed by atoms with Crippen LogP contribution in [0.4, 0.5) is 22.0 Å². The van der Waals surface area contributed by atoms with Crippen molar-refractivity contribution in [1.82, 2.24) is 15.3 Å². The number of aromatic nitrogens is 2. The first-order valence-electron chi connectivity index (χ1n) is 9.23. The number of Topliss-reactive ketones (excluding diaryl/α,β-unsaturated/α-hetero) is 1. The molecule has 2 rings (SSSR count). The number of halogens is 5. The maximum Gasteiger partial charge on any atom is 0.456 e. The molecule has 168 valence electrons. The molecule has 1 unspecified atom stereocenters. The highest BCUT2D eigenvalue weighted by atomic mass is 19.4. The molecule has 0 aliphatic carbocycles. The van der Waals surface area contributed by atoms with Crippen LogP contribution in [0.3, 0.4) is 0 Å². The third kappa shape index (κ3) is 6.69. The molecule has 2 aromatic heterocycles. The van der Waals surface area contributed by atoms with E-state index < -0.39 is 30.7 Å². The zero-order chi connectivity index (χ0) is 23.2. The summed E-state index contributed by atoms with van der Waals surface area (Å²) in [4.78, 5) is 31.8. The van der Waals surface area contributed by atoms with E-state index in [0.29, 0.717) is 17.7 Å². The predicted octanol–water partition coefficient (Wildman–Crippen LogP) is 4.07. The first-order valence-corrected chi connectivity index (χ1v) is 9.23. The van der Waals surface area contributed by atoms with Crippen molar-refractivity contribution in [3.63, 3.8) is 0 Å². The molecule has 1 N–H and O–H groups in total. The molecule has 31 heavy (non-hydrogen) atoms. The summed E-state index contributed by atoms with van der Waals surface area (Å²) in [5.41, 5.74) is 1.19. The van der Waals surface area contributed by atoms with Crippen LogP contribution in [0.1, 0.15) is 48.1 Å². The van der Waals surface area contributed by atoms with Crippen molar-refractivity contribution in [3.8, 4) is 5.75 Å². The van der Waals surface area contributed by atoms with Crippen LogP contribution in [0.2, 0.25) is 0 Å². The molecule has 1 amide bonds. The Balaban J connectivity index is 1.98. The van der Waals surface area contributed by atoms with Crippen molar-refractivity contribution in [2.45, 2.75) is 44.8 Å². The first-order chi connectivity index (χ1) is 14.4. The highest BCUT2D eigenvalue weighted by Gasteiger charge is 2.58. The molecule has 11 heteroatoms. The zero-order valence-electron chi connectivity index (χ0n) is 16.7. The Labute approximate surface area is 174 Å². The Bertz CT molecular complexity index is 917. The average Bonchev–Trinajstić information content (AvgIpc) is 2.71. The van der Waals surface area contributed by atoms with Crippen molar-refractivity contribution in [3.05, 3.63) is 53.6 Å². The third-order valence-electron chi connectivity index (χ3n) is 4.26. The van der Waals surface area contributed by atoms with E-state index in [1.807, 2.05) is 0 Å². The lowest BCUT2D eigenvalue weighted by Gasteiger charge is -2.19. The lowest BCUT2D eigenvalue weighted by Crippen LogP contribution is -2.41. The molecule has 0 fully saturated rings. The molecule has 0 radical (unpaired) electrons. The third-order valence-corrected chi connectivity index (χ3v) is 4.26. The summed E-state index contributed by atoms with van der Waals surface area (Å²) in [6, 6.07) is 5.12. The monoisotopic (exact) mass is 445 g/mol. The minimum atomic E-state index is -5.73. The number of carbonyl (C=O) groups is 2. The minimum Gasteiger partial charge on any atom is -0.485 e. The Hall–Kier alpha value is -3.11. The molecule has 2 aromatic rings. The predicted molar refractivity (Wildman–Crippen MR) is 99.9 cm³/mol. The molecule has 0 saturated carbocycles. The number of ketones is 1. The number of rotatable bonds is 9. The van der Waals surface area contributed by atoms with Gasteiger partial charge in [-0.25, -0.2) is 4.98 Å². The Morgan fingerprint density at radius 2 is 1.84 bits per heavy atom. The van der Waals surface area contributed by atoms with E-state index in [4.69, 9.17) is 0 Å². The Kier molecular flexibility index (Phi) is 7.64. The van der Waals surface area contributed by atoms with Crippen LogP contribution in [0.5, 0.6) is 5.75 Å². The number of carbonyl (C=O) groups excluding carboxylic acids is 2.